The van der Waals surface area contributed by atoms with Gasteiger partial charge in [-0.25, -0.2) is 8.42 Å². The van der Waals surface area contributed by atoms with Crippen molar-refractivity contribution in [2.24, 2.45) is 0 Å². The molecule has 8 heteroatoms. The molecule has 1 N–H and O–H groups in total. The second-order valence-corrected chi connectivity index (χ2v) is 10.3. The maximum Gasteiger partial charge on any atom is 0.243 e. The van der Waals surface area contributed by atoms with Crippen LogP contribution in [-0.2, 0) is 26.0 Å². The Morgan fingerprint density at radius 3 is 2.12 bits per heavy atom. The van der Waals surface area contributed by atoms with E-state index in [0.717, 1.165) is 15.4 Å². The van der Waals surface area contributed by atoms with E-state index in [1.54, 1.807) is 19.1 Å². The van der Waals surface area contributed by atoms with Crippen LogP contribution in [0.15, 0.2) is 59.5 Å². The van der Waals surface area contributed by atoms with E-state index >= 15 is 0 Å². The van der Waals surface area contributed by atoms with Crippen LogP contribution in [0.1, 0.15) is 31.9 Å². The van der Waals surface area contributed by atoms with Crippen molar-refractivity contribution >= 4 is 21.8 Å². The van der Waals surface area contributed by atoms with Crippen LogP contribution < -0.4 is 5.32 Å². The minimum atomic E-state index is -3.83. The fourth-order valence-electron chi connectivity index (χ4n) is 3.23. The first-order valence-corrected chi connectivity index (χ1v) is 12.1. The van der Waals surface area contributed by atoms with Gasteiger partial charge in [0.15, 0.2) is 0 Å². The summed E-state index contributed by atoms with van der Waals surface area (Å²) >= 11 is 0. The molecule has 1 unspecified atom stereocenters. The number of likely N-dealkylation sites (N-methyl/N-ethyl adjacent to an activating group) is 1. The molecule has 0 aliphatic rings. The van der Waals surface area contributed by atoms with Gasteiger partial charge in [0, 0.05) is 19.6 Å². The molecule has 0 radical (unpaired) electrons. The fraction of sp³-hybridized carbons (Fsp3) is 0.417. The van der Waals surface area contributed by atoms with Crippen molar-refractivity contribution < 1.29 is 18.0 Å². The van der Waals surface area contributed by atoms with E-state index in [4.69, 9.17) is 0 Å². The number of sulfonamides is 1. The molecule has 0 saturated heterocycles. The molecular formula is C24H33N3O4S. The lowest BCUT2D eigenvalue weighted by molar-refractivity contribution is -0.140. The predicted molar refractivity (Wildman–Crippen MR) is 126 cm³/mol. The lowest BCUT2D eigenvalue weighted by Crippen LogP contribution is -2.52. The Bertz CT molecular complexity index is 1010. The van der Waals surface area contributed by atoms with Crippen LogP contribution in [-0.4, -0.2) is 61.7 Å². The van der Waals surface area contributed by atoms with E-state index in [1.165, 1.54) is 24.1 Å². The van der Waals surface area contributed by atoms with Crippen LogP contribution in [0.2, 0.25) is 0 Å². The number of carbonyl (C=O) groups is 2. The molecule has 0 saturated carbocycles. The SMILES string of the molecule is Cc1ccc(S(=O)(=O)N(C)CC(=O)N(CCc2ccccc2)C(C)C(=O)NC(C)C)cc1. The molecule has 0 bridgehead atoms. The summed E-state index contributed by atoms with van der Waals surface area (Å²) in [4.78, 5) is 27.4. The molecular weight excluding hydrogens is 426 g/mol. The largest absolute Gasteiger partial charge is 0.352 e. The van der Waals surface area contributed by atoms with Gasteiger partial charge in [-0.1, -0.05) is 48.0 Å². The third-order valence-corrected chi connectivity index (χ3v) is 6.99. The van der Waals surface area contributed by atoms with Crippen LogP contribution in [0.4, 0.5) is 0 Å². The standard InChI is InChI=1S/C24H33N3O4S/c1-18(2)25-24(29)20(4)27(16-15-21-9-7-6-8-10-21)23(28)17-26(5)32(30,31)22-13-11-19(3)12-14-22/h6-14,18,20H,15-17H2,1-5H3,(H,25,29). The van der Waals surface area contributed by atoms with Crippen LogP contribution in [0, 0.1) is 6.92 Å². The summed E-state index contributed by atoms with van der Waals surface area (Å²) in [6.07, 6.45) is 0.556. The van der Waals surface area contributed by atoms with E-state index in [9.17, 15) is 18.0 Å². The van der Waals surface area contributed by atoms with Crippen LogP contribution >= 0.6 is 0 Å². The van der Waals surface area contributed by atoms with Gasteiger partial charge in [0.2, 0.25) is 21.8 Å². The molecule has 32 heavy (non-hydrogen) atoms. The molecule has 1 atom stereocenters. The number of aryl methyl sites for hydroxylation is 1. The Kier molecular flexibility index (Phi) is 8.98. The summed E-state index contributed by atoms with van der Waals surface area (Å²) in [5, 5.41) is 2.83. The lowest BCUT2D eigenvalue weighted by atomic mass is 10.1. The predicted octanol–water partition coefficient (Wildman–Crippen LogP) is 2.60. The van der Waals surface area contributed by atoms with Gasteiger partial charge >= 0.3 is 0 Å². The van der Waals surface area contributed by atoms with Crippen molar-refractivity contribution in [3.8, 4) is 0 Å². The maximum atomic E-state index is 13.2. The van der Waals surface area contributed by atoms with Gasteiger partial charge in [0.1, 0.15) is 6.04 Å². The van der Waals surface area contributed by atoms with Crippen molar-refractivity contribution in [3.63, 3.8) is 0 Å². The van der Waals surface area contributed by atoms with Crippen molar-refractivity contribution in [2.45, 2.75) is 51.1 Å². The Labute approximate surface area is 191 Å². The first kappa shape index (κ1) is 25.5. The number of rotatable bonds is 10. The summed E-state index contributed by atoms with van der Waals surface area (Å²) in [6.45, 7) is 7.18. The molecule has 7 nitrogen and oxygen atoms in total. The van der Waals surface area contributed by atoms with E-state index in [2.05, 4.69) is 5.32 Å². The number of nitrogens with zero attached hydrogens (tertiary/aromatic N) is 2. The Morgan fingerprint density at radius 1 is 0.969 bits per heavy atom. The highest BCUT2D eigenvalue weighted by molar-refractivity contribution is 7.89. The first-order chi connectivity index (χ1) is 15.0. The minimum Gasteiger partial charge on any atom is -0.352 e. The first-order valence-electron chi connectivity index (χ1n) is 10.7. The number of benzene rings is 2. The highest BCUT2D eigenvalue weighted by Crippen LogP contribution is 2.16. The van der Waals surface area contributed by atoms with Gasteiger partial charge in [-0.15, -0.1) is 0 Å². The molecule has 0 aromatic heterocycles. The van der Waals surface area contributed by atoms with E-state index < -0.39 is 22.0 Å². The highest BCUT2D eigenvalue weighted by Gasteiger charge is 2.30. The Morgan fingerprint density at radius 2 is 1.56 bits per heavy atom. The minimum absolute atomic E-state index is 0.0689. The van der Waals surface area contributed by atoms with Crippen molar-refractivity contribution in [1.82, 2.24) is 14.5 Å². The summed E-state index contributed by atoms with van der Waals surface area (Å²) < 4.78 is 26.8. The Hall–Kier alpha value is -2.71. The van der Waals surface area contributed by atoms with Crippen molar-refractivity contribution in [3.05, 3.63) is 65.7 Å². The molecule has 0 heterocycles. The molecule has 0 spiro atoms. The zero-order valence-electron chi connectivity index (χ0n) is 19.4. The summed E-state index contributed by atoms with van der Waals surface area (Å²) in [5.41, 5.74) is 1.97. The van der Waals surface area contributed by atoms with Crippen molar-refractivity contribution in [1.29, 1.82) is 0 Å². The fourth-order valence-corrected chi connectivity index (χ4v) is 4.35. The van der Waals surface area contributed by atoms with Crippen LogP contribution in [0.5, 0.6) is 0 Å². The summed E-state index contributed by atoms with van der Waals surface area (Å²) in [7, 11) is -2.45. The second kappa shape index (κ2) is 11.2. The number of amides is 2. The molecule has 2 rings (SSSR count). The van der Waals surface area contributed by atoms with E-state index in [0.29, 0.717) is 13.0 Å². The normalized spacial score (nSPS) is 12.6. The topological polar surface area (TPSA) is 86.8 Å². The van der Waals surface area contributed by atoms with E-state index in [1.807, 2.05) is 51.1 Å². The lowest BCUT2D eigenvalue weighted by Gasteiger charge is -2.30. The third kappa shape index (κ3) is 6.90. The summed E-state index contributed by atoms with van der Waals surface area (Å²) in [6, 6.07) is 15.3. The average Bonchev–Trinajstić information content (AvgIpc) is 2.74. The number of nitrogens with one attached hydrogen (secondary N) is 1. The molecule has 0 aliphatic carbocycles. The van der Waals surface area contributed by atoms with Crippen LogP contribution in [0.25, 0.3) is 0 Å². The van der Waals surface area contributed by atoms with Crippen LogP contribution in [0.3, 0.4) is 0 Å². The highest BCUT2D eigenvalue weighted by atomic mass is 32.2. The molecule has 0 fully saturated rings. The average molecular weight is 460 g/mol. The van der Waals surface area contributed by atoms with Gasteiger partial charge < -0.3 is 10.2 Å². The van der Waals surface area contributed by atoms with Gasteiger partial charge in [-0.05, 0) is 51.8 Å². The van der Waals surface area contributed by atoms with Gasteiger partial charge in [-0.3, -0.25) is 9.59 Å². The summed E-state index contributed by atoms with van der Waals surface area (Å²) in [5.74, 6) is -0.698. The molecule has 2 amide bonds. The quantitative estimate of drug-likeness (QED) is 0.592. The van der Waals surface area contributed by atoms with E-state index in [-0.39, 0.29) is 23.4 Å². The Balaban J connectivity index is 2.19. The van der Waals surface area contributed by atoms with Gasteiger partial charge in [0.25, 0.3) is 0 Å². The van der Waals surface area contributed by atoms with Gasteiger partial charge in [-0.2, -0.15) is 4.31 Å². The molecule has 174 valence electrons. The van der Waals surface area contributed by atoms with Gasteiger partial charge in [0.05, 0.1) is 11.4 Å². The zero-order chi connectivity index (χ0) is 23.9. The smallest absolute Gasteiger partial charge is 0.243 e. The monoisotopic (exact) mass is 459 g/mol. The maximum absolute atomic E-state index is 13.2. The number of carbonyl (C=O) groups excluding carboxylic acids is 2. The number of hydrogen-bond donors (Lipinski definition) is 1. The zero-order valence-corrected chi connectivity index (χ0v) is 20.2. The van der Waals surface area contributed by atoms with Crippen molar-refractivity contribution in [2.75, 3.05) is 20.1 Å². The molecule has 0 aliphatic heterocycles. The third-order valence-electron chi connectivity index (χ3n) is 5.17. The molecule has 2 aromatic carbocycles. The molecule has 2 aromatic rings. The second-order valence-electron chi connectivity index (χ2n) is 8.24. The number of hydrogen-bond acceptors (Lipinski definition) is 4.